The summed E-state index contributed by atoms with van der Waals surface area (Å²) in [6.07, 6.45) is 1.87. The van der Waals surface area contributed by atoms with Gasteiger partial charge in [0.1, 0.15) is 4.08 Å². The summed E-state index contributed by atoms with van der Waals surface area (Å²) in [5.41, 5.74) is 5.41. The lowest BCUT2D eigenvalue weighted by molar-refractivity contribution is 0.667. The maximum Gasteiger partial charge on any atom is 0.132 e. The van der Waals surface area contributed by atoms with Crippen molar-refractivity contribution in [3.05, 3.63) is 70.8 Å². The van der Waals surface area contributed by atoms with Crippen LogP contribution in [0.4, 0.5) is 0 Å². The average molecular weight is 333 g/mol. The fourth-order valence-corrected chi connectivity index (χ4v) is 8.77. The van der Waals surface area contributed by atoms with Gasteiger partial charge in [-0.2, -0.15) is 0 Å². The van der Waals surface area contributed by atoms with E-state index in [-0.39, 0.29) is 9.33 Å². The van der Waals surface area contributed by atoms with E-state index in [1.165, 1.54) is 22.3 Å². The van der Waals surface area contributed by atoms with Gasteiger partial charge < -0.3 is 0 Å². The number of hydrogen-bond donors (Lipinski definition) is 0. The number of rotatable bonds is 2. The summed E-state index contributed by atoms with van der Waals surface area (Å²) < 4.78 is 12.5. The SMILES string of the molecule is CS(=O)C1(C2SCc3ccccc32)SCc2ccccc21. The number of fused-ring (bicyclic) bond motifs is 2. The molecule has 3 unspecified atom stereocenters. The molecular weight excluding hydrogens is 316 g/mol. The Hall–Kier alpha value is -0.710. The van der Waals surface area contributed by atoms with Crippen molar-refractivity contribution in [3.8, 4) is 0 Å². The van der Waals surface area contributed by atoms with E-state index in [0.29, 0.717) is 0 Å². The molecule has 3 atom stereocenters. The highest BCUT2D eigenvalue weighted by Crippen LogP contribution is 2.63. The van der Waals surface area contributed by atoms with Crippen LogP contribution < -0.4 is 0 Å². The number of hydrogen-bond acceptors (Lipinski definition) is 3. The summed E-state index contributed by atoms with van der Waals surface area (Å²) in [6, 6.07) is 17.2. The summed E-state index contributed by atoms with van der Waals surface area (Å²) in [5.74, 6) is 2.00. The van der Waals surface area contributed by atoms with E-state index in [4.69, 9.17) is 0 Å². The van der Waals surface area contributed by atoms with Gasteiger partial charge in [0, 0.05) is 28.6 Å². The van der Waals surface area contributed by atoms with Gasteiger partial charge in [-0.05, 0) is 22.3 Å². The highest BCUT2D eigenvalue weighted by Gasteiger charge is 2.52. The molecule has 0 N–H and O–H groups in total. The van der Waals surface area contributed by atoms with E-state index in [2.05, 4.69) is 48.5 Å². The zero-order valence-electron chi connectivity index (χ0n) is 11.7. The summed E-state index contributed by atoms with van der Waals surface area (Å²) in [7, 11) is -0.916. The van der Waals surface area contributed by atoms with E-state index in [1.54, 1.807) is 0 Å². The molecule has 0 fully saturated rings. The Morgan fingerprint density at radius 3 is 2.57 bits per heavy atom. The molecule has 1 nitrogen and oxygen atoms in total. The van der Waals surface area contributed by atoms with E-state index < -0.39 is 10.8 Å². The van der Waals surface area contributed by atoms with E-state index in [1.807, 2.05) is 29.8 Å². The van der Waals surface area contributed by atoms with E-state index in [9.17, 15) is 4.21 Å². The largest absolute Gasteiger partial charge is 0.258 e. The first-order valence-electron chi connectivity index (χ1n) is 6.99. The minimum Gasteiger partial charge on any atom is -0.258 e. The van der Waals surface area contributed by atoms with Crippen LogP contribution >= 0.6 is 23.5 Å². The summed E-state index contributed by atoms with van der Waals surface area (Å²) in [5, 5.41) is 0.285. The lowest BCUT2D eigenvalue weighted by Crippen LogP contribution is -2.30. The maximum absolute atomic E-state index is 12.8. The van der Waals surface area contributed by atoms with Crippen LogP contribution in [0, 0.1) is 0 Å². The second-order valence-corrected chi connectivity index (χ2v) is 9.58. The second kappa shape index (κ2) is 5.18. The Labute approximate surface area is 136 Å². The quantitative estimate of drug-likeness (QED) is 0.808. The van der Waals surface area contributed by atoms with Crippen molar-refractivity contribution in [2.75, 3.05) is 6.26 Å². The van der Waals surface area contributed by atoms with Crippen LogP contribution in [-0.4, -0.2) is 10.5 Å². The third-order valence-corrected chi connectivity index (χ3v) is 9.77. The van der Waals surface area contributed by atoms with Crippen molar-refractivity contribution in [2.24, 2.45) is 0 Å². The molecule has 0 saturated heterocycles. The monoisotopic (exact) mass is 332 g/mol. The van der Waals surface area contributed by atoms with Crippen LogP contribution in [0.1, 0.15) is 27.5 Å². The van der Waals surface area contributed by atoms with Crippen LogP contribution in [-0.2, 0) is 26.4 Å². The highest BCUT2D eigenvalue weighted by atomic mass is 32.2. The third kappa shape index (κ3) is 1.96. The minimum absolute atomic E-state index is 0.285. The van der Waals surface area contributed by atoms with Gasteiger partial charge in [-0.3, -0.25) is 4.21 Å². The van der Waals surface area contributed by atoms with Gasteiger partial charge >= 0.3 is 0 Å². The van der Waals surface area contributed by atoms with E-state index >= 15 is 0 Å². The molecule has 2 aliphatic heterocycles. The molecule has 21 heavy (non-hydrogen) atoms. The molecule has 0 amide bonds. The Morgan fingerprint density at radius 2 is 1.76 bits per heavy atom. The molecule has 108 valence electrons. The van der Waals surface area contributed by atoms with Gasteiger partial charge in [0.15, 0.2) is 0 Å². The van der Waals surface area contributed by atoms with Crippen molar-refractivity contribution < 1.29 is 4.21 Å². The van der Waals surface area contributed by atoms with Crippen molar-refractivity contribution in [1.82, 2.24) is 0 Å². The Kier molecular flexibility index (Phi) is 3.43. The van der Waals surface area contributed by atoms with Crippen LogP contribution in [0.25, 0.3) is 0 Å². The molecule has 0 bridgehead atoms. The van der Waals surface area contributed by atoms with Crippen LogP contribution in [0.3, 0.4) is 0 Å². The van der Waals surface area contributed by atoms with Gasteiger partial charge in [0.05, 0.1) is 5.25 Å². The first-order valence-corrected chi connectivity index (χ1v) is 10.6. The molecule has 2 aromatic rings. The molecule has 0 spiro atoms. The average Bonchev–Trinajstić information content (AvgIpc) is 3.09. The predicted octanol–water partition coefficient (Wildman–Crippen LogP) is 4.45. The smallest absolute Gasteiger partial charge is 0.132 e. The minimum atomic E-state index is -0.916. The first kappa shape index (κ1) is 13.9. The van der Waals surface area contributed by atoms with Crippen molar-refractivity contribution in [1.29, 1.82) is 0 Å². The summed E-state index contributed by atoms with van der Waals surface area (Å²) in [6.45, 7) is 0. The summed E-state index contributed by atoms with van der Waals surface area (Å²) >= 11 is 3.81. The molecule has 2 aliphatic rings. The number of thioether (sulfide) groups is 2. The molecule has 2 aromatic carbocycles. The molecule has 4 rings (SSSR count). The molecule has 2 heterocycles. The Balaban J connectivity index is 1.91. The normalized spacial score (nSPS) is 28.1. The standard InChI is InChI=1S/C17H16OS3/c1-21(18)17(15-9-5-3-7-13(15)11-20-17)16-14-8-4-2-6-12(14)10-19-16/h2-9,16H,10-11H2,1H3. The lowest BCUT2D eigenvalue weighted by Gasteiger charge is -2.33. The molecule has 0 radical (unpaired) electrons. The predicted molar refractivity (Wildman–Crippen MR) is 94.0 cm³/mol. The molecular formula is C17H16OS3. The Morgan fingerprint density at radius 1 is 1.05 bits per heavy atom. The van der Waals surface area contributed by atoms with Crippen molar-refractivity contribution >= 4 is 34.3 Å². The first-order chi connectivity index (χ1) is 10.2. The van der Waals surface area contributed by atoms with Gasteiger partial charge in [-0.25, -0.2) is 0 Å². The van der Waals surface area contributed by atoms with Gasteiger partial charge in [-0.1, -0.05) is 48.5 Å². The fraction of sp³-hybridized carbons (Fsp3) is 0.294. The third-order valence-electron chi connectivity index (χ3n) is 4.35. The van der Waals surface area contributed by atoms with Crippen LogP contribution in [0.15, 0.2) is 48.5 Å². The molecule has 0 saturated carbocycles. The van der Waals surface area contributed by atoms with Gasteiger partial charge in [-0.15, -0.1) is 23.5 Å². The van der Waals surface area contributed by atoms with Crippen LogP contribution in [0.2, 0.25) is 0 Å². The highest BCUT2D eigenvalue weighted by molar-refractivity contribution is 8.13. The van der Waals surface area contributed by atoms with Crippen LogP contribution in [0.5, 0.6) is 0 Å². The topological polar surface area (TPSA) is 17.1 Å². The van der Waals surface area contributed by atoms with Crippen molar-refractivity contribution in [3.63, 3.8) is 0 Å². The molecule has 0 aliphatic carbocycles. The van der Waals surface area contributed by atoms with Gasteiger partial charge in [0.2, 0.25) is 0 Å². The molecule has 4 heteroatoms. The zero-order chi connectivity index (χ0) is 14.4. The summed E-state index contributed by atoms with van der Waals surface area (Å²) in [4.78, 5) is 0. The fourth-order valence-electron chi connectivity index (χ4n) is 3.35. The molecule has 0 aromatic heterocycles. The Bertz CT molecular complexity index is 727. The zero-order valence-corrected chi connectivity index (χ0v) is 14.2. The lowest BCUT2D eigenvalue weighted by atomic mass is 9.97. The van der Waals surface area contributed by atoms with E-state index in [0.717, 1.165) is 11.5 Å². The number of benzene rings is 2. The maximum atomic E-state index is 12.8. The second-order valence-electron chi connectivity index (χ2n) is 5.46. The van der Waals surface area contributed by atoms with Gasteiger partial charge in [0.25, 0.3) is 0 Å². The van der Waals surface area contributed by atoms with Crippen molar-refractivity contribution in [2.45, 2.75) is 20.8 Å².